The molecule has 2 aliphatic heterocycles. The van der Waals surface area contributed by atoms with Gasteiger partial charge in [-0.3, -0.25) is 14.3 Å². The SMILES string of the molecule is CN(C)C(=O)C1CCCN1C(=O)[C@H]1CNC[C@@H]1c1cnn(C)c1. The average molecular weight is 319 g/mol. The van der Waals surface area contributed by atoms with E-state index < -0.39 is 0 Å². The minimum atomic E-state index is -0.298. The number of likely N-dealkylation sites (N-methyl/N-ethyl adjacent to an activating group) is 1. The zero-order valence-electron chi connectivity index (χ0n) is 14.0. The first-order chi connectivity index (χ1) is 11.0. The van der Waals surface area contributed by atoms with Crippen molar-refractivity contribution in [2.45, 2.75) is 24.8 Å². The van der Waals surface area contributed by atoms with Crippen molar-refractivity contribution in [1.82, 2.24) is 24.9 Å². The maximum absolute atomic E-state index is 13.1. The molecule has 3 heterocycles. The predicted molar refractivity (Wildman–Crippen MR) is 85.7 cm³/mol. The van der Waals surface area contributed by atoms with Crippen molar-refractivity contribution in [3.63, 3.8) is 0 Å². The molecule has 2 aliphatic rings. The Morgan fingerprint density at radius 1 is 1.35 bits per heavy atom. The van der Waals surface area contributed by atoms with Crippen LogP contribution in [0.1, 0.15) is 24.3 Å². The fraction of sp³-hybridized carbons (Fsp3) is 0.688. The van der Waals surface area contributed by atoms with Crippen molar-refractivity contribution in [3.05, 3.63) is 18.0 Å². The molecule has 126 valence electrons. The number of rotatable bonds is 3. The molecule has 3 atom stereocenters. The van der Waals surface area contributed by atoms with Crippen LogP contribution in [0.5, 0.6) is 0 Å². The molecule has 1 aromatic rings. The number of aromatic nitrogens is 2. The Kier molecular flexibility index (Phi) is 4.39. The second-order valence-corrected chi connectivity index (χ2v) is 6.74. The van der Waals surface area contributed by atoms with E-state index in [1.54, 1.807) is 28.6 Å². The molecule has 0 saturated carbocycles. The Bertz CT molecular complexity index is 597. The summed E-state index contributed by atoms with van der Waals surface area (Å²) in [4.78, 5) is 28.8. The molecule has 7 heteroatoms. The second kappa shape index (κ2) is 6.31. The summed E-state index contributed by atoms with van der Waals surface area (Å²) in [5, 5.41) is 7.54. The molecular formula is C16H25N5O2. The normalized spacial score (nSPS) is 27.4. The number of hydrogen-bond acceptors (Lipinski definition) is 4. The van der Waals surface area contributed by atoms with Gasteiger partial charge in [0.05, 0.1) is 12.1 Å². The first kappa shape index (κ1) is 16.0. The van der Waals surface area contributed by atoms with E-state index in [2.05, 4.69) is 10.4 Å². The zero-order valence-corrected chi connectivity index (χ0v) is 14.0. The van der Waals surface area contributed by atoms with E-state index in [1.165, 1.54) is 0 Å². The van der Waals surface area contributed by atoms with E-state index in [0.717, 1.165) is 24.9 Å². The summed E-state index contributed by atoms with van der Waals surface area (Å²) in [6.45, 7) is 2.12. The van der Waals surface area contributed by atoms with Gasteiger partial charge in [-0.15, -0.1) is 0 Å². The van der Waals surface area contributed by atoms with Crippen molar-refractivity contribution in [2.75, 3.05) is 33.7 Å². The summed E-state index contributed by atoms with van der Waals surface area (Å²) in [6.07, 6.45) is 5.48. The number of aryl methyl sites for hydroxylation is 1. The van der Waals surface area contributed by atoms with Crippen LogP contribution in [0.25, 0.3) is 0 Å². The maximum atomic E-state index is 13.1. The molecule has 0 radical (unpaired) electrons. The van der Waals surface area contributed by atoms with Crippen LogP contribution in [0.4, 0.5) is 0 Å². The van der Waals surface area contributed by atoms with Gasteiger partial charge in [0.25, 0.3) is 0 Å². The van der Waals surface area contributed by atoms with Gasteiger partial charge in [0, 0.05) is 52.9 Å². The number of nitrogens with one attached hydrogen (secondary N) is 1. The fourth-order valence-corrected chi connectivity index (χ4v) is 3.72. The Morgan fingerprint density at radius 2 is 2.13 bits per heavy atom. The van der Waals surface area contributed by atoms with Gasteiger partial charge in [-0.1, -0.05) is 0 Å². The van der Waals surface area contributed by atoms with Gasteiger partial charge in [-0.2, -0.15) is 5.10 Å². The molecule has 0 bridgehead atoms. The van der Waals surface area contributed by atoms with Crippen molar-refractivity contribution in [1.29, 1.82) is 0 Å². The van der Waals surface area contributed by atoms with Gasteiger partial charge < -0.3 is 15.1 Å². The van der Waals surface area contributed by atoms with Gasteiger partial charge in [0.2, 0.25) is 11.8 Å². The molecule has 2 amide bonds. The van der Waals surface area contributed by atoms with E-state index >= 15 is 0 Å². The highest BCUT2D eigenvalue weighted by atomic mass is 16.2. The summed E-state index contributed by atoms with van der Waals surface area (Å²) in [7, 11) is 5.38. The van der Waals surface area contributed by atoms with Crippen LogP contribution in [-0.2, 0) is 16.6 Å². The number of hydrogen-bond donors (Lipinski definition) is 1. The molecule has 23 heavy (non-hydrogen) atoms. The van der Waals surface area contributed by atoms with Crippen LogP contribution in [0.2, 0.25) is 0 Å². The quantitative estimate of drug-likeness (QED) is 0.838. The molecule has 7 nitrogen and oxygen atoms in total. The lowest BCUT2D eigenvalue weighted by Crippen LogP contribution is -2.48. The van der Waals surface area contributed by atoms with Gasteiger partial charge in [-0.05, 0) is 18.4 Å². The minimum Gasteiger partial charge on any atom is -0.347 e. The molecule has 1 N–H and O–H groups in total. The summed E-state index contributed by atoms with van der Waals surface area (Å²) in [5.74, 6) is 0.142. The van der Waals surface area contributed by atoms with Crippen LogP contribution in [0.3, 0.4) is 0 Å². The maximum Gasteiger partial charge on any atom is 0.244 e. The second-order valence-electron chi connectivity index (χ2n) is 6.74. The largest absolute Gasteiger partial charge is 0.347 e. The van der Waals surface area contributed by atoms with E-state index in [1.807, 2.05) is 19.4 Å². The highest BCUT2D eigenvalue weighted by Gasteiger charge is 2.42. The third-order valence-electron chi connectivity index (χ3n) is 4.95. The Hall–Kier alpha value is -1.89. The standard InChI is InChI=1S/C16H25N5O2/c1-19(2)16(23)14-5-4-6-21(14)15(22)13-9-17-8-12(13)11-7-18-20(3)10-11/h7,10,12-14,17H,4-6,8-9H2,1-3H3/t12-,13+,14?/m1/s1. The number of carbonyl (C=O) groups excluding carboxylic acids is 2. The number of amides is 2. The van der Waals surface area contributed by atoms with Crippen LogP contribution in [-0.4, -0.2) is 71.2 Å². The third-order valence-corrected chi connectivity index (χ3v) is 4.95. The zero-order chi connectivity index (χ0) is 16.6. The molecule has 0 aromatic carbocycles. The molecule has 0 aliphatic carbocycles. The Morgan fingerprint density at radius 3 is 2.78 bits per heavy atom. The van der Waals surface area contributed by atoms with Crippen LogP contribution < -0.4 is 5.32 Å². The highest BCUT2D eigenvalue weighted by molar-refractivity contribution is 5.89. The van der Waals surface area contributed by atoms with Crippen LogP contribution >= 0.6 is 0 Å². The first-order valence-corrected chi connectivity index (χ1v) is 8.20. The van der Waals surface area contributed by atoms with Gasteiger partial charge in [0.15, 0.2) is 0 Å². The molecule has 0 spiro atoms. The average Bonchev–Trinajstić information content (AvgIpc) is 3.24. The van der Waals surface area contributed by atoms with Crippen molar-refractivity contribution in [2.24, 2.45) is 13.0 Å². The summed E-state index contributed by atoms with van der Waals surface area (Å²) in [6, 6.07) is -0.298. The number of nitrogens with zero attached hydrogens (tertiary/aromatic N) is 4. The molecule has 2 saturated heterocycles. The van der Waals surface area contributed by atoms with Crippen LogP contribution in [0, 0.1) is 5.92 Å². The van der Waals surface area contributed by atoms with Crippen molar-refractivity contribution < 1.29 is 9.59 Å². The van der Waals surface area contributed by atoms with E-state index in [0.29, 0.717) is 13.1 Å². The van der Waals surface area contributed by atoms with Gasteiger partial charge in [-0.25, -0.2) is 0 Å². The molecular weight excluding hydrogens is 294 g/mol. The lowest BCUT2D eigenvalue weighted by atomic mass is 9.89. The lowest BCUT2D eigenvalue weighted by molar-refractivity contribution is -0.144. The molecule has 1 unspecified atom stereocenters. The Labute approximate surface area is 136 Å². The van der Waals surface area contributed by atoms with Crippen molar-refractivity contribution >= 4 is 11.8 Å². The number of likely N-dealkylation sites (tertiary alicyclic amines) is 1. The molecule has 3 rings (SSSR count). The molecule has 1 aromatic heterocycles. The summed E-state index contributed by atoms with van der Waals surface area (Å²) < 4.78 is 1.77. The van der Waals surface area contributed by atoms with Gasteiger partial charge in [0.1, 0.15) is 6.04 Å². The van der Waals surface area contributed by atoms with Crippen LogP contribution in [0.15, 0.2) is 12.4 Å². The smallest absolute Gasteiger partial charge is 0.244 e. The van der Waals surface area contributed by atoms with E-state index in [4.69, 9.17) is 0 Å². The van der Waals surface area contributed by atoms with Crippen molar-refractivity contribution in [3.8, 4) is 0 Å². The van der Waals surface area contributed by atoms with Gasteiger partial charge >= 0.3 is 0 Å². The fourth-order valence-electron chi connectivity index (χ4n) is 3.72. The minimum absolute atomic E-state index is 0.0275. The molecule has 2 fully saturated rings. The summed E-state index contributed by atoms with van der Waals surface area (Å²) >= 11 is 0. The summed E-state index contributed by atoms with van der Waals surface area (Å²) in [5.41, 5.74) is 1.09. The number of carbonyl (C=O) groups is 2. The topological polar surface area (TPSA) is 70.5 Å². The highest BCUT2D eigenvalue weighted by Crippen LogP contribution is 2.31. The predicted octanol–water partition coefficient (Wildman–Crippen LogP) is -0.198. The van der Waals surface area contributed by atoms with E-state index in [9.17, 15) is 9.59 Å². The first-order valence-electron chi connectivity index (χ1n) is 8.20. The van der Waals surface area contributed by atoms with E-state index in [-0.39, 0.29) is 29.7 Å². The third kappa shape index (κ3) is 2.97. The lowest BCUT2D eigenvalue weighted by Gasteiger charge is -2.29. The Balaban J connectivity index is 1.77. The monoisotopic (exact) mass is 319 g/mol.